The number of carboxylic acid groups (broad SMARTS) is 1. The van der Waals surface area contributed by atoms with E-state index < -0.39 is 5.97 Å². The van der Waals surface area contributed by atoms with E-state index in [9.17, 15) is 9.59 Å². The zero-order valence-electron chi connectivity index (χ0n) is 9.08. The molecule has 0 aliphatic carbocycles. The van der Waals surface area contributed by atoms with E-state index in [2.05, 4.69) is 8.75 Å². The lowest BCUT2D eigenvalue weighted by Gasteiger charge is -2.25. The Morgan fingerprint density at radius 3 is 2.75 bits per heavy atom. The van der Waals surface area contributed by atoms with Crippen molar-refractivity contribution < 1.29 is 14.7 Å². The molecule has 16 heavy (non-hydrogen) atoms. The highest BCUT2D eigenvalue weighted by molar-refractivity contribution is 6.99. The van der Waals surface area contributed by atoms with Crippen molar-refractivity contribution in [1.82, 2.24) is 13.6 Å². The zero-order valence-corrected chi connectivity index (χ0v) is 9.90. The summed E-state index contributed by atoms with van der Waals surface area (Å²) < 4.78 is 7.53. The number of rotatable bonds is 5. The van der Waals surface area contributed by atoms with Crippen LogP contribution in [-0.2, 0) is 4.79 Å². The minimum Gasteiger partial charge on any atom is -0.480 e. The summed E-state index contributed by atoms with van der Waals surface area (Å²) in [6, 6.07) is -0.134. The Bertz CT molecular complexity index is 366. The van der Waals surface area contributed by atoms with Gasteiger partial charge < -0.3 is 10.0 Å². The Morgan fingerprint density at radius 1 is 1.62 bits per heavy atom. The molecule has 0 radical (unpaired) electrons. The summed E-state index contributed by atoms with van der Waals surface area (Å²) in [5.41, 5.74) is 0.201. The summed E-state index contributed by atoms with van der Waals surface area (Å²) in [6.07, 6.45) is 2.04. The lowest BCUT2D eigenvalue weighted by molar-refractivity contribution is -0.138. The fraction of sp³-hybridized carbons (Fsp3) is 0.556. The molecule has 1 atom stereocenters. The number of amides is 1. The molecule has 0 aliphatic heterocycles. The first-order valence-corrected chi connectivity index (χ1v) is 5.59. The molecule has 0 aliphatic rings. The number of carbonyl (C=O) groups excluding carboxylic acids is 1. The second kappa shape index (κ2) is 5.55. The molecule has 0 bridgehead atoms. The maximum absolute atomic E-state index is 11.9. The molecular formula is C9H13N3O3S. The van der Waals surface area contributed by atoms with Crippen LogP contribution in [0.3, 0.4) is 0 Å². The van der Waals surface area contributed by atoms with E-state index in [0.29, 0.717) is 6.42 Å². The molecule has 6 nitrogen and oxygen atoms in total. The quantitative estimate of drug-likeness (QED) is 0.829. The molecule has 1 rings (SSSR count). The number of carbonyl (C=O) groups is 2. The van der Waals surface area contributed by atoms with Gasteiger partial charge >= 0.3 is 5.97 Å². The number of aromatic nitrogens is 2. The molecule has 1 N–H and O–H groups in total. The molecule has 1 heterocycles. The van der Waals surface area contributed by atoms with Crippen LogP contribution in [0, 0.1) is 0 Å². The molecular weight excluding hydrogens is 230 g/mol. The Balaban J connectivity index is 2.84. The highest BCUT2D eigenvalue weighted by Crippen LogP contribution is 2.09. The molecule has 1 amide bonds. The van der Waals surface area contributed by atoms with Crippen LogP contribution in [-0.4, -0.2) is 43.2 Å². The lowest BCUT2D eigenvalue weighted by atomic mass is 10.2. The van der Waals surface area contributed by atoms with E-state index in [-0.39, 0.29) is 24.2 Å². The summed E-state index contributed by atoms with van der Waals surface area (Å²) in [5.74, 6) is -1.41. The minimum atomic E-state index is -1.03. The second-order valence-corrected chi connectivity index (χ2v) is 3.93. The number of nitrogens with zero attached hydrogens (tertiary/aromatic N) is 3. The third-order valence-corrected chi connectivity index (χ3v) is 2.75. The SMILES string of the molecule is CCC(C)N(CC(=O)O)C(=O)c1cnsn1. The van der Waals surface area contributed by atoms with Crippen LogP contribution in [0.2, 0.25) is 0 Å². The van der Waals surface area contributed by atoms with Crippen molar-refractivity contribution in [3.8, 4) is 0 Å². The first-order valence-electron chi connectivity index (χ1n) is 4.86. The molecule has 0 saturated carbocycles. The van der Waals surface area contributed by atoms with Crippen molar-refractivity contribution in [1.29, 1.82) is 0 Å². The van der Waals surface area contributed by atoms with Crippen LogP contribution < -0.4 is 0 Å². The van der Waals surface area contributed by atoms with Crippen LogP contribution >= 0.6 is 11.7 Å². The van der Waals surface area contributed by atoms with Crippen LogP contribution in [0.5, 0.6) is 0 Å². The summed E-state index contributed by atoms with van der Waals surface area (Å²) in [7, 11) is 0. The van der Waals surface area contributed by atoms with Crippen LogP contribution in [0.4, 0.5) is 0 Å². The van der Waals surface area contributed by atoms with Gasteiger partial charge in [-0.15, -0.1) is 0 Å². The maximum Gasteiger partial charge on any atom is 0.323 e. The Morgan fingerprint density at radius 2 is 2.31 bits per heavy atom. The molecule has 0 saturated heterocycles. The smallest absolute Gasteiger partial charge is 0.323 e. The highest BCUT2D eigenvalue weighted by atomic mass is 32.1. The largest absolute Gasteiger partial charge is 0.480 e. The van der Waals surface area contributed by atoms with Crippen molar-refractivity contribution in [3.63, 3.8) is 0 Å². The molecule has 0 aromatic carbocycles. The zero-order chi connectivity index (χ0) is 12.1. The maximum atomic E-state index is 11.9. The standard InChI is InChI=1S/C9H13N3O3S/c1-3-6(2)12(5-8(13)14)9(15)7-4-10-16-11-7/h4,6H,3,5H2,1-2H3,(H,13,14). The van der Waals surface area contributed by atoms with Crippen molar-refractivity contribution in [2.24, 2.45) is 0 Å². The Kier molecular flexibility index (Phi) is 4.36. The van der Waals surface area contributed by atoms with Crippen molar-refractivity contribution in [2.45, 2.75) is 26.3 Å². The number of hydrogen-bond acceptors (Lipinski definition) is 5. The first-order chi connectivity index (χ1) is 7.56. The third-order valence-electron chi connectivity index (χ3n) is 2.27. The van der Waals surface area contributed by atoms with Gasteiger partial charge in [0.1, 0.15) is 6.54 Å². The van der Waals surface area contributed by atoms with Crippen LogP contribution in [0.25, 0.3) is 0 Å². The summed E-state index contributed by atoms with van der Waals surface area (Å²) in [5, 5.41) is 8.75. The molecule has 1 aromatic heterocycles. The summed E-state index contributed by atoms with van der Waals surface area (Å²) in [4.78, 5) is 23.9. The van der Waals surface area contributed by atoms with Gasteiger partial charge in [-0.3, -0.25) is 9.59 Å². The molecule has 1 aromatic rings. The molecule has 0 spiro atoms. The molecule has 7 heteroatoms. The van der Waals surface area contributed by atoms with E-state index in [1.54, 1.807) is 6.92 Å². The predicted octanol–water partition coefficient (Wildman–Crippen LogP) is 0.863. The Hall–Kier alpha value is -1.50. The lowest BCUT2D eigenvalue weighted by Crippen LogP contribution is -2.41. The van der Waals surface area contributed by atoms with Crippen LogP contribution in [0.15, 0.2) is 6.20 Å². The van der Waals surface area contributed by atoms with Gasteiger partial charge in [-0.2, -0.15) is 8.75 Å². The first kappa shape index (κ1) is 12.6. The molecule has 88 valence electrons. The van der Waals surface area contributed by atoms with Crippen molar-refractivity contribution >= 4 is 23.6 Å². The third kappa shape index (κ3) is 2.99. The van der Waals surface area contributed by atoms with Gasteiger partial charge in [-0.1, -0.05) is 6.92 Å². The van der Waals surface area contributed by atoms with Crippen LogP contribution in [0.1, 0.15) is 30.8 Å². The monoisotopic (exact) mass is 243 g/mol. The fourth-order valence-electron chi connectivity index (χ4n) is 1.20. The van der Waals surface area contributed by atoms with Gasteiger partial charge in [0.25, 0.3) is 5.91 Å². The number of aliphatic carboxylic acids is 1. The van der Waals surface area contributed by atoms with E-state index >= 15 is 0 Å². The van der Waals surface area contributed by atoms with Gasteiger partial charge in [-0.05, 0) is 13.3 Å². The summed E-state index contributed by atoms with van der Waals surface area (Å²) >= 11 is 0.929. The number of carboxylic acids is 1. The van der Waals surface area contributed by atoms with E-state index in [4.69, 9.17) is 5.11 Å². The normalized spacial score (nSPS) is 12.1. The van der Waals surface area contributed by atoms with Crippen molar-refractivity contribution in [2.75, 3.05) is 6.54 Å². The van der Waals surface area contributed by atoms with Gasteiger partial charge in [0.05, 0.1) is 17.9 Å². The van der Waals surface area contributed by atoms with E-state index in [1.807, 2.05) is 6.92 Å². The van der Waals surface area contributed by atoms with Gasteiger partial charge in [0.2, 0.25) is 0 Å². The fourth-order valence-corrected chi connectivity index (χ4v) is 1.61. The van der Waals surface area contributed by atoms with Gasteiger partial charge in [0.15, 0.2) is 5.69 Å². The minimum absolute atomic E-state index is 0.134. The van der Waals surface area contributed by atoms with Gasteiger partial charge in [-0.25, -0.2) is 0 Å². The van der Waals surface area contributed by atoms with Crippen molar-refractivity contribution in [3.05, 3.63) is 11.9 Å². The number of hydrogen-bond donors (Lipinski definition) is 1. The second-order valence-electron chi connectivity index (χ2n) is 3.38. The van der Waals surface area contributed by atoms with E-state index in [1.165, 1.54) is 11.1 Å². The molecule has 0 fully saturated rings. The highest BCUT2D eigenvalue weighted by Gasteiger charge is 2.24. The topological polar surface area (TPSA) is 83.4 Å². The summed E-state index contributed by atoms with van der Waals surface area (Å²) in [6.45, 7) is 3.39. The Labute approximate surface area is 97.2 Å². The average Bonchev–Trinajstić information content (AvgIpc) is 2.77. The van der Waals surface area contributed by atoms with Gasteiger partial charge in [0, 0.05) is 6.04 Å². The van der Waals surface area contributed by atoms with E-state index in [0.717, 1.165) is 11.7 Å². The molecule has 1 unspecified atom stereocenters. The average molecular weight is 243 g/mol. The predicted molar refractivity (Wildman–Crippen MR) is 58.3 cm³/mol.